The first-order chi connectivity index (χ1) is 15.6. The van der Waals surface area contributed by atoms with E-state index in [0.29, 0.717) is 11.1 Å². The van der Waals surface area contributed by atoms with Crippen molar-refractivity contribution in [3.05, 3.63) is 64.7 Å². The van der Waals surface area contributed by atoms with Gasteiger partial charge >= 0.3 is 0 Å². The molecule has 0 unspecified atom stereocenters. The minimum absolute atomic E-state index is 0.0313. The summed E-state index contributed by atoms with van der Waals surface area (Å²) in [4.78, 5) is 27.5. The average Bonchev–Trinajstić information content (AvgIpc) is 2.77. The van der Waals surface area contributed by atoms with Gasteiger partial charge in [-0.25, -0.2) is 8.42 Å². The quantitative estimate of drug-likeness (QED) is 0.327. The van der Waals surface area contributed by atoms with Crippen LogP contribution in [0.15, 0.2) is 47.4 Å². The molecule has 10 nitrogen and oxygen atoms in total. The summed E-state index contributed by atoms with van der Waals surface area (Å²) in [6.07, 6.45) is -1.34. The normalized spacial score (nSPS) is 16.5. The highest BCUT2D eigenvalue weighted by Crippen LogP contribution is 2.18. The first kappa shape index (κ1) is 24.4. The molecular formula is C22H27N5O5S. The number of amidine groups is 1. The molecule has 2 aromatic rings. The number of ether oxygens (including phenoxy) is 1. The zero-order chi connectivity index (χ0) is 24.2. The van der Waals surface area contributed by atoms with Gasteiger partial charge in [-0.3, -0.25) is 20.0 Å². The van der Waals surface area contributed by atoms with Crippen LogP contribution in [0.4, 0.5) is 0 Å². The van der Waals surface area contributed by atoms with Gasteiger partial charge < -0.3 is 15.8 Å². The number of carbonyl (C=O) groups excluding carboxylic acids is 2. The van der Waals surface area contributed by atoms with Crippen molar-refractivity contribution < 1.29 is 22.7 Å². The summed E-state index contributed by atoms with van der Waals surface area (Å²) in [5.74, 6) is -1.09. The Bertz CT molecular complexity index is 1160. The summed E-state index contributed by atoms with van der Waals surface area (Å²) in [6.45, 7) is 3.80. The van der Waals surface area contributed by atoms with Gasteiger partial charge in [0.25, 0.3) is 15.9 Å². The van der Waals surface area contributed by atoms with Crippen LogP contribution in [0.2, 0.25) is 0 Å². The maximum atomic E-state index is 12.8. The molecule has 2 amide bonds. The second-order valence-corrected chi connectivity index (χ2v) is 9.43. The number of benzene rings is 2. The molecule has 0 aliphatic carbocycles. The highest BCUT2D eigenvalue weighted by atomic mass is 32.2. The third kappa shape index (κ3) is 6.15. The van der Waals surface area contributed by atoms with Crippen molar-refractivity contribution in [3.63, 3.8) is 0 Å². The highest BCUT2D eigenvalue weighted by molar-refractivity contribution is 7.89. The number of rotatable bonds is 8. The van der Waals surface area contributed by atoms with E-state index in [0.717, 1.165) is 16.1 Å². The number of nitrogens with one attached hydrogen (secondary N) is 3. The van der Waals surface area contributed by atoms with E-state index < -0.39 is 27.9 Å². The van der Waals surface area contributed by atoms with Crippen LogP contribution in [0.3, 0.4) is 0 Å². The van der Waals surface area contributed by atoms with Crippen LogP contribution in [0.25, 0.3) is 0 Å². The fraction of sp³-hybridized carbons (Fsp3) is 0.318. The molecule has 0 aromatic heterocycles. The Balaban J connectivity index is 1.59. The minimum atomic E-state index is -3.98. The molecule has 11 heteroatoms. The summed E-state index contributed by atoms with van der Waals surface area (Å²) in [7, 11) is -3.98. The standard InChI is InChI=1S/C22H27N5O5S/c1-14-3-4-15(2)19(11-14)33(30,31)26-27-9-10-32-18(22(27)29)12-20(28)25-13-16-5-7-17(8-6-16)21(23)24/h3-8,11,18,26H,9-10,12-13H2,1-2H3,(H3,23,24)(H,25,28)/t18-/m0/s1. The molecule has 2 aromatic carbocycles. The second kappa shape index (κ2) is 10.1. The van der Waals surface area contributed by atoms with Gasteiger partial charge in [-0.15, -0.1) is 4.83 Å². The van der Waals surface area contributed by atoms with Crippen LogP contribution in [0, 0.1) is 19.3 Å². The molecule has 1 aliphatic heterocycles. The lowest BCUT2D eigenvalue weighted by atomic mass is 10.1. The van der Waals surface area contributed by atoms with Crippen molar-refractivity contribution in [2.75, 3.05) is 13.2 Å². The van der Waals surface area contributed by atoms with E-state index in [1.165, 1.54) is 6.07 Å². The molecule has 5 N–H and O–H groups in total. The van der Waals surface area contributed by atoms with E-state index in [1.54, 1.807) is 50.2 Å². The van der Waals surface area contributed by atoms with Gasteiger partial charge in [0, 0.05) is 12.1 Å². The zero-order valence-electron chi connectivity index (χ0n) is 18.4. The SMILES string of the molecule is Cc1ccc(C)c(S(=O)(=O)NN2CCO[C@@H](CC(=O)NCc3ccc(C(=N)N)cc3)C2=O)c1. The molecule has 1 fully saturated rings. The summed E-state index contributed by atoms with van der Waals surface area (Å²) in [5, 5.41) is 11.1. The number of nitrogen functional groups attached to an aromatic ring is 1. The van der Waals surface area contributed by atoms with E-state index in [4.69, 9.17) is 15.9 Å². The Hall–Kier alpha value is -3.28. The van der Waals surface area contributed by atoms with E-state index >= 15 is 0 Å². The fourth-order valence-electron chi connectivity index (χ4n) is 3.31. The molecule has 0 bridgehead atoms. The van der Waals surface area contributed by atoms with Crippen LogP contribution >= 0.6 is 0 Å². The number of hydrogen-bond donors (Lipinski definition) is 4. The molecule has 1 heterocycles. The lowest BCUT2D eigenvalue weighted by molar-refractivity contribution is -0.157. The number of nitrogens with two attached hydrogens (primary N) is 1. The van der Waals surface area contributed by atoms with Crippen LogP contribution in [-0.4, -0.2) is 50.3 Å². The molecule has 0 radical (unpaired) electrons. The van der Waals surface area contributed by atoms with Crippen molar-refractivity contribution in [3.8, 4) is 0 Å². The molecule has 0 spiro atoms. The van der Waals surface area contributed by atoms with Gasteiger partial charge in [-0.05, 0) is 36.6 Å². The van der Waals surface area contributed by atoms with E-state index in [-0.39, 0.29) is 36.8 Å². The molecule has 1 atom stereocenters. The van der Waals surface area contributed by atoms with E-state index in [1.807, 2.05) is 0 Å². The topological polar surface area (TPSA) is 155 Å². The molecule has 3 rings (SSSR count). The largest absolute Gasteiger partial charge is 0.384 e. The maximum Gasteiger partial charge on any atom is 0.267 e. The third-order valence-electron chi connectivity index (χ3n) is 5.16. The number of amides is 2. The Kier molecular flexibility index (Phi) is 7.46. The second-order valence-electron chi connectivity index (χ2n) is 7.80. The Morgan fingerprint density at radius 1 is 1.21 bits per heavy atom. The summed E-state index contributed by atoms with van der Waals surface area (Å²) in [6, 6.07) is 11.9. The van der Waals surface area contributed by atoms with Gasteiger partial charge in [0.05, 0.1) is 24.5 Å². The van der Waals surface area contributed by atoms with Crippen molar-refractivity contribution >= 4 is 27.7 Å². The number of hydrazine groups is 1. The number of carbonyl (C=O) groups is 2. The molecular weight excluding hydrogens is 446 g/mol. The maximum absolute atomic E-state index is 12.8. The number of nitrogens with zero attached hydrogens (tertiary/aromatic N) is 1. The molecule has 1 saturated heterocycles. The predicted molar refractivity (Wildman–Crippen MR) is 122 cm³/mol. The number of aryl methyl sites for hydroxylation is 2. The minimum Gasteiger partial charge on any atom is -0.384 e. The van der Waals surface area contributed by atoms with Crippen LogP contribution in [-0.2, 0) is 30.9 Å². The van der Waals surface area contributed by atoms with Gasteiger partial charge in [-0.1, -0.05) is 36.4 Å². The average molecular weight is 474 g/mol. The summed E-state index contributed by atoms with van der Waals surface area (Å²) < 4.78 is 31.1. The van der Waals surface area contributed by atoms with E-state index in [2.05, 4.69) is 10.1 Å². The van der Waals surface area contributed by atoms with Gasteiger partial charge in [-0.2, -0.15) is 0 Å². The first-order valence-electron chi connectivity index (χ1n) is 10.3. The lowest BCUT2D eigenvalue weighted by Crippen LogP contribution is -2.56. The monoisotopic (exact) mass is 473 g/mol. The number of hydrogen-bond acceptors (Lipinski definition) is 6. The predicted octanol–water partition coefficient (Wildman–Crippen LogP) is 0.715. The van der Waals surface area contributed by atoms with Crippen molar-refractivity contribution in [1.29, 1.82) is 5.41 Å². The first-order valence-corrected chi connectivity index (χ1v) is 11.8. The van der Waals surface area contributed by atoms with Crippen molar-refractivity contribution in [2.24, 2.45) is 5.73 Å². The number of morpholine rings is 1. The number of sulfonamides is 1. The Labute approximate surface area is 192 Å². The Morgan fingerprint density at radius 3 is 2.58 bits per heavy atom. The third-order valence-corrected chi connectivity index (χ3v) is 6.64. The molecule has 1 aliphatic rings. The van der Waals surface area contributed by atoms with E-state index in [9.17, 15) is 18.0 Å². The van der Waals surface area contributed by atoms with Gasteiger partial charge in [0.15, 0.2) is 0 Å². The molecule has 0 saturated carbocycles. The lowest BCUT2D eigenvalue weighted by Gasteiger charge is -2.32. The summed E-state index contributed by atoms with van der Waals surface area (Å²) >= 11 is 0. The van der Waals surface area contributed by atoms with Crippen LogP contribution in [0.5, 0.6) is 0 Å². The molecule has 176 valence electrons. The summed E-state index contributed by atoms with van der Waals surface area (Å²) in [5.41, 5.74) is 8.13. The molecule has 33 heavy (non-hydrogen) atoms. The Morgan fingerprint density at radius 2 is 1.91 bits per heavy atom. The van der Waals surface area contributed by atoms with Crippen molar-refractivity contribution in [2.45, 2.75) is 37.8 Å². The van der Waals surface area contributed by atoms with Gasteiger partial charge in [0.1, 0.15) is 11.9 Å². The van der Waals surface area contributed by atoms with Crippen molar-refractivity contribution in [1.82, 2.24) is 15.2 Å². The fourth-order valence-corrected chi connectivity index (χ4v) is 4.72. The highest BCUT2D eigenvalue weighted by Gasteiger charge is 2.34. The smallest absolute Gasteiger partial charge is 0.267 e. The van der Waals surface area contributed by atoms with Crippen LogP contribution < -0.4 is 15.9 Å². The van der Waals surface area contributed by atoms with Gasteiger partial charge in [0.2, 0.25) is 5.91 Å². The van der Waals surface area contributed by atoms with Crippen LogP contribution in [0.1, 0.15) is 28.7 Å². The zero-order valence-corrected chi connectivity index (χ0v) is 19.2.